The molecule has 0 amide bonds. The molecule has 0 N–H and O–H groups in total. The number of carbonyl (C=O) groups is 2. The maximum Gasteiger partial charge on any atom is 0.330 e. The summed E-state index contributed by atoms with van der Waals surface area (Å²) in [5.74, 6) is -0.637. The van der Waals surface area contributed by atoms with Gasteiger partial charge in [0.2, 0.25) is 0 Å². The van der Waals surface area contributed by atoms with Crippen molar-refractivity contribution in [2.75, 3.05) is 6.61 Å². The summed E-state index contributed by atoms with van der Waals surface area (Å²) in [4.78, 5) is 21.0. The van der Waals surface area contributed by atoms with Gasteiger partial charge in [0.1, 0.15) is 12.7 Å². The van der Waals surface area contributed by atoms with E-state index < -0.39 is 5.97 Å². The molecule has 0 radical (unpaired) electrons. The molecule has 12 heavy (non-hydrogen) atoms. The van der Waals surface area contributed by atoms with Gasteiger partial charge in [-0.15, -0.1) is 0 Å². The van der Waals surface area contributed by atoms with E-state index in [4.69, 9.17) is 4.74 Å². The summed E-state index contributed by atoms with van der Waals surface area (Å²) in [6.45, 7) is 1.89. The number of allylic oxidation sites excluding steroid dienone is 1. The van der Waals surface area contributed by atoms with Crippen LogP contribution in [-0.2, 0) is 19.1 Å². The topological polar surface area (TPSA) is 52.6 Å². The van der Waals surface area contributed by atoms with E-state index in [9.17, 15) is 9.59 Å². The molecular formula is C8H10O4. The standard InChI is InChI=1S/C8H10O4/c1-2-3-7(9)11-5-6-4-8(10)12-6/h2-3,6H,4-5H2,1H3. The third kappa shape index (κ3) is 2.38. The zero-order chi connectivity index (χ0) is 8.97. The van der Waals surface area contributed by atoms with Crippen molar-refractivity contribution in [3.05, 3.63) is 12.2 Å². The smallest absolute Gasteiger partial charge is 0.330 e. The number of hydrogen-bond acceptors (Lipinski definition) is 4. The largest absolute Gasteiger partial charge is 0.459 e. The Morgan fingerprint density at radius 2 is 2.50 bits per heavy atom. The van der Waals surface area contributed by atoms with Crippen LogP contribution >= 0.6 is 0 Å². The molecular weight excluding hydrogens is 160 g/mol. The Morgan fingerprint density at radius 3 is 3.00 bits per heavy atom. The van der Waals surface area contributed by atoms with Crippen LogP contribution in [0.3, 0.4) is 0 Å². The zero-order valence-electron chi connectivity index (χ0n) is 6.78. The van der Waals surface area contributed by atoms with Gasteiger partial charge in [0.05, 0.1) is 6.42 Å². The van der Waals surface area contributed by atoms with Crippen molar-refractivity contribution in [1.82, 2.24) is 0 Å². The molecule has 1 rings (SSSR count). The molecule has 1 aliphatic heterocycles. The molecule has 0 aliphatic carbocycles. The van der Waals surface area contributed by atoms with Crippen molar-refractivity contribution < 1.29 is 19.1 Å². The second-order valence-electron chi connectivity index (χ2n) is 2.45. The lowest BCUT2D eigenvalue weighted by atomic mass is 10.2. The van der Waals surface area contributed by atoms with E-state index in [-0.39, 0.29) is 18.7 Å². The number of ether oxygens (including phenoxy) is 2. The highest BCUT2D eigenvalue weighted by atomic mass is 16.6. The summed E-state index contributed by atoms with van der Waals surface area (Å²) in [6.07, 6.45) is 3.03. The SMILES string of the molecule is CC=CC(=O)OCC1CC(=O)O1. The molecule has 0 aromatic rings. The monoisotopic (exact) mass is 170 g/mol. The van der Waals surface area contributed by atoms with E-state index in [0.717, 1.165) is 0 Å². The van der Waals surface area contributed by atoms with Crippen molar-refractivity contribution >= 4 is 11.9 Å². The fourth-order valence-electron chi connectivity index (χ4n) is 0.814. The fourth-order valence-corrected chi connectivity index (χ4v) is 0.814. The summed E-state index contributed by atoms with van der Waals surface area (Å²) >= 11 is 0. The van der Waals surface area contributed by atoms with E-state index in [2.05, 4.69) is 4.74 Å². The van der Waals surface area contributed by atoms with Crippen molar-refractivity contribution in [3.8, 4) is 0 Å². The van der Waals surface area contributed by atoms with Crippen LogP contribution < -0.4 is 0 Å². The van der Waals surface area contributed by atoms with Crippen LogP contribution in [0.1, 0.15) is 13.3 Å². The predicted molar refractivity (Wildman–Crippen MR) is 40.3 cm³/mol. The van der Waals surface area contributed by atoms with E-state index in [0.29, 0.717) is 6.42 Å². The van der Waals surface area contributed by atoms with Crippen molar-refractivity contribution in [3.63, 3.8) is 0 Å². The first kappa shape index (κ1) is 8.77. The molecule has 1 atom stereocenters. The summed E-state index contributed by atoms with van der Waals surface area (Å²) in [5, 5.41) is 0. The van der Waals surface area contributed by atoms with Crippen LogP contribution in [0.25, 0.3) is 0 Å². The number of cyclic esters (lactones) is 1. The van der Waals surface area contributed by atoms with Crippen LogP contribution in [-0.4, -0.2) is 24.6 Å². The Morgan fingerprint density at radius 1 is 1.83 bits per heavy atom. The summed E-state index contributed by atoms with van der Waals surface area (Å²) in [7, 11) is 0. The van der Waals surface area contributed by atoms with E-state index in [1.54, 1.807) is 13.0 Å². The molecule has 1 unspecified atom stereocenters. The highest BCUT2D eigenvalue weighted by Crippen LogP contribution is 2.12. The Hall–Kier alpha value is -1.32. The lowest BCUT2D eigenvalue weighted by Crippen LogP contribution is -2.36. The first-order valence-electron chi connectivity index (χ1n) is 3.71. The molecule has 1 heterocycles. The number of esters is 2. The average Bonchev–Trinajstić information content (AvgIpc) is 1.96. The van der Waals surface area contributed by atoms with Gasteiger partial charge in [0.25, 0.3) is 0 Å². The van der Waals surface area contributed by atoms with Crippen LogP contribution in [0.15, 0.2) is 12.2 Å². The molecule has 4 heteroatoms. The molecule has 1 saturated heterocycles. The number of rotatable bonds is 3. The number of hydrogen-bond donors (Lipinski definition) is 0. The van der Waals surface area contributed by atoms with Gasteiger partial charge in [-0.2, -0.15) is 0 Å². The second kappa shape index (κ2) is 3.90. The van der Waals surface area contributed by atoms with Crippen molar-refractivity contribution in [2.24, 2.45) is 0 Å². The van der Waals surface area contributed by atoms with Crippen LogP contribution in [0.4, 0.5) is 0 Å². The number of carbonyl (C=O) groups excluding carboxylic acids is 2. The molecule has 0 aromatic carbocycles. The Labute approximate surface area is 70.1 Å². The van der Waals surface area contributed by atoms with Gasteiger partial charge in [0, 0.05) is 6.08 Å². The molecule has 1 fully saturated rings. The quantitative estimate of drug-likeness (QED) is 0.455. The molecule has 4 nitrogen and oxygen atoms in total. The summed E-state index contributed by atoms with van der Waals surface area (Å²) in [5.41, 5.74) is 0. The minimum atomic E-state index is -0.402. The summed E-state index contributed by atoms with van der Waals surface area (Å²) < 4.78 is 9.36. The lowest BCUT2D eigenvalue weighted by Gasteiger charge is -2.24. The van der Waals surface area contributed by atoms with Crippen LogP contribution in [0.2, 0.25) is 0 Å². The van der Waals surface area contributed by atoms with Crippen molar-refractivity contribution in [1.29, 1.82) is 0 Å². The Kier molecular flexibility index (Phi) is 2.85. The van der Waals surface area contributed by atoms with Gasteiger partial charge in [-0.1, -0.05) is 6.08 Å². The molecule has 0 saturated carbocycles. The van der Waals surface area contributed by atoms with Gasteiger partial charge in [-0.3, -0.25) is 4.79 Å². The third-order valence-corrected chi connectivity index (χ3v) is 1.41. The third-order valence-electron chi connectivity index (χ3n) is 1.41. The van der Waals surface area contributed by atoms with E-state index in [1.807, 2.05) is 0 Å². The maximum atomic E-state index is 10.7. The molecule has 66 valence electrons. The fraction of sp³-hybridized carbons (Fsp3) is 0.500. The minimum absolute atomic E-state index is 0.162. The Balaban J connectivity index is 2.10. The van der Waals surface area contributed by atoms with Gasteiger partial charge in [0.15, 0.2) is 0 Å². The maximum absolute atomic E-state index is 10.7. The van der Waals surface area contributed by atoms with Gasteiger partial charge in [-0.25, -0.2) is 4.79 Å². The van der Waals surface area contributed by atoms with Gasteiger partial charge < -0.3 is 9.47 Å². The first-order valence-corrected chi connectivity index (χ1v) is 3.71. The van der Waals surface area contributed by atoms with Crippen LogP contribution in [0.5, 0.6) is 0 Å². The van der Waals surface area contributed by atoms with Gasteiger partial charge >= 0.3 is 11.9 Å². The molecule has 0 bridgehead atoms. The molecule has 0 aromatic heterocycles. The molecule has 1 aliphatic rings. The summed E-state index contributed by atoms with van der Waals surface area (Å²) in [6, 6.07) is 0. The molecule has 0 spiro atoms. The first-order chi connectivity index (χ1) is 5.72. The second-order valence-corrected chi connectivity index (χ2v) is 2.45. The van der Waals surface area contributed by atoms with Crippen molar-refractivity contribution in [2.45, 2.75) is 19.4 Å². The van der Waals surface area contributed by atoms with E-state index in [1.165, 1.54) is 6.08 Å². The normalized spacial score (nSPS) is 21.8. The van der Waals surface area contributed by atoms with Gasteiger partial charge in [-0.05, 0) is 6.92 Å². The predicted octanol–water partition coefficient (Wildman–Crippen LogP) is 0.421. The Bertz CT molecular complexity index is 211. The average molecular weight is 170 g/mol. The lowest BCUT2D eigenvalue weighted by molar-refractivity contribution is -0.177. The highest BCUT2D eigenvalue weighted by Gasteiger charge is 2.29. The zero-order valence-corrected chi connectivity index (χ0v) is 6.78. The van der Waals surface area contributed by atoms with E-state index >= 15 is 0 Å². The van der Waals surface area contributed by atoms with Crippen LogP contribution in [0, 0.1) is 0 Å². The minimum Gasteiger partial charge on any atom is -0.459 e. The highest BCUT2D eigenvalue weighted by molar-refractivity contribution is 5.82.